The molecule has 0 saturated carbocycles. The molecule has 1 aliphatic rings. The normalized spacial score (nSPS) is 16.0. The van der Waals surface area contributed by atoms with Crippen molar-refractivity contribution in [3.05, 3.63) is 65.2 Å². The molecule has 1 fully saturated rings. The zero-order valence-corrected chi connectivity index (χ0v) is 17.1. The lowest BCUT2D eigenvalue weighted by Crippen LogP contribution is -2.47. The van der Waals surface area contributed by atoms with Crippen molar-refractivity contribution in [2.75, 3.05) is 11.9 Å². The first-order valence-corrected chi connectivity index (χ1v) is 9.94. The lowest BCUT2D eigenvalue weighted by Gasteiger charge is -2.25. The molecular formula is C23H27N3O3. The van der Waals surface area contributed by atoms with Crippen molar-refractivity contribution in [3.63, 3.8) is 0 Å². The molecule has 1 saturated heterocycles. The molecule has 6 heteroatoms. The number of nitrogens with one attached hydrogen (secondary N) is 2. The first-order valence-electron chi connectivity index (χ1n) is 9.94. The molecule has 2 aromatic rings. The summed E-state index contributed by atoms with van der Waals surface area (Å²) in [6, 6.07) is 13.8. The Morgan fingerprint density at radius 2 is 1.76 bits per heavy atom. The molecule has 2 aromatic carbocycles. The van der Waals surface area contributed by atoms with Gasteiger partial charge in [-0.25, -0.2) is 0 Å². The van der Waals surface area contributed by atoms with Gasteiger partial charge in [-0.05, 0) is 70.0 Å². The van der Waals surface area contributed by atoms with E-state index in [0.29, 0.717) is 29.8 Å². The minimum Gasteiger partial charge on any atom is -0.352 e. The van der Waals surface area contributed by atoms with Crippen LogP contribution in [0.1, 0.15) is 53.0 Å². The molecule has 1 atom stereocenters. The molecule has 6 nitrogen and oxygen atoms in total. The SMILES string of the molecule is Cc1cccc(C(=O)Nc2ccc(C(=O)N3CCCC3C(=O)NC(C)C)cc2)c1. The van der Waals surface area contributed by atoms with E-state index in [9.17, 15) is 14.4 Å². The Labute approximate surface area is 171 Å². The molecule has 3 rings (SSSR count). The van der Waals surface area contributed by atoms with E-state index < -0.39 is 6.04 Å². The van der Waals surface area contributed by atoms with Crippen molar-refractivity contribution in [1.29, 1.82) is 0 Å². The van der Waals surface area contributed by atoms with Gasteiger partial charge in [-0.2, -0.15) is 0 Å². The van der Waals surface area contributed by atoms with Gasteiger partial charge < -0.3 is 15.5 Å². The highest BCUT2D eigenvalue weighted by atomic mass is 16.2. The number of likely N-dealkylation sites (tertiary alicyclic amines) is 1. The summed E-state index contributed by atoms with van der Waals surface area (Å²) in [7, 11) is 0. The summed E-state index contributed by atoms with van der Waals surface area (Å²) in [6.45, 7) is 6.32. The summed E-state index contributed by atoms with van der Waals surface area (Å²) in [6.07, 6.45) is 1.49. The second kappa shape index (κ2) is 8.90. The molecule has 1 aliphatic heterocycles. The van der Waals surface area contributed by atoms with Gasteiger partial charge in [0, 0.05) is 29.4 Å². The number of rotatable bonds is 5. The molecule has 0 aromatic heterocycles. The first-order chi connectivity index (χ1) is 13.8. The zero-order valence-electron chi connectivity index (χ0n) is 17.1. The monoisotopic (exact) mass is 393 g/mol. The second-order valence-corrected chi connectivity index (χ2v) is 7.72. The zero-order chi connectivity index (χ0) is 21.0. The van der Waals surface area contributed by atoms with Crippen LogP contribution in [0.4, 0.5) is 5.69 Å². The van der Waals surface area contributed by atoms with E-state index in [0.717, 1.165) is 12.0 Å². The smallest absolute Gasteiger partial charge is 0.255 e. The van der Waals surface area contributed by atoms with Crippen molar-refractivity contribution in [2.45, 2.75) is 45.7 Å². The van der Waals surface area contributed by atoms with Crippen LogP contribution in [0.15, 0.2) is 48.5 Å². The summed E-state index contributed by atoms with van der Waals surface area (Å²) < 4.78 is 0. The molecule has 0 radical (unpaired) electrons. The first kappa shape index (κ1) is 20.6. The number of anilines is 1. The van der Waals surface area contributed by atoms with Crippen molar-refractivity contribution in [3.8, 4) is 0 Å². The average molecular weight is 393 g/mol. The topological polar surface area (TPSA) is 78.5 Å². The lowest BCUT2D eigenvalue weighted by atomic mass is 10.1. The molecule has 2 N–H and O–H groups in total. The fraction of sp³-hybridized carbons (Fsp3) is 0.348. The number of hydrogen-bond donors (Lipinski definition) is 2. The van der Waals surface area contributed by atoms with Crippen molar-refractivity contribution in [1.82, 2.24) is 10.2 Å². The van der Waals surface area contributed by atoms with Gasteiger partial charge in [0.15, 0.2) is 0 Å². The Kier molecular flexibility index (Phi) is 6.32. The number of benzene rings is 2. The van der Waals surface area contributed by atoms with E-state index in [1.165, 1.54) is 0 Å². The van der Waals surface area contributed by atoms with Gasteiger partial charge in [0.25, 0.3) is 11.8 Å². The van der Waals surface area contributed by atoms with Gasteiger partial charge in [0.1, 0.15) is 6.04 Å². The number of hydrogen-bond acceptors (Lipinski definition) is 3. The molecule has 1 unspecified atom stereocenters. The van der Waals surface area contributed by atoms with Crippen LogP contribution in [0, 0.1) is 6.92 Å². The minimum absolute atomic E-state index is 0.0383. The molecule has 0 spiro atoms. The predicted octanol–water partition coefficient (Wildman–Crippen LogP) is 3.38. The highest BCUT2D eigenvalue weighted by Crippen LogP contribution is 2.21. The Hall–Kier alpha value is -3.15. The van der Waals surface area contributed by atoms with Crippen LogP contribution in [-0.2, 0) is 4.79 Å². The van der Waals surface area contributed by atoms with E-state index in [4.69, 9.17) is 0 Å². The standard InChI is InChI=1S/C23H27N3O3/c1-15(2)24-22(28)20-8-5-13-26(20)23(29)17-9-11-19(12-10-17)25-21(27)18-7-4-6-16(3)14-18/h4,6-7,9-12,14-15,20H,5,8,13H2,1-3H3,(H,24,28)(H,25,27). The van der Waals surface area contributed by atoms with E-state index >= 15 is 0 Å². The summed E-state index contributed by atoms with van der Waals surface area (Å²) in [4.78, 5) is 39.3. The summed E-state index contributed by atoms with van der Waals surface area (Å²) in [5.41, 5.74) is 2.72. The predicted molar refractivity (Wildman–Crippen MR) is 113 cm³/mol. The molecule has 0 aliphatic carbocycles. The molecule has 29 heavy (non-hydrogen) atoms. The third kappa shape index (κ3) is 5.02. The maximum Gasteiger partial charge on any atom is 0.255 e. The number of amides is 3. The van der Waals surface area contributed by atoms with Gasteiger partial charge in [-0.1, -0.05) is 17.7 Å². The maximum absolute atomic E-state index is 12.9. The number of nitrogens with zero attached hydrogens (tertiary/aromatic N) is 1. The van der Waals surface area contributed by atoms with Crippen LogP contribution in [0.2, 0.25) is 0 Å². The van der Waals surface area contributed by atoms with E-state index in [1.54, 1.807) is 35.2 Å². The Bertz CT molecular complexity index is 906. The van der Waals surface area contributed by atoms with Crippen LogP contribution in [0.25, 0.3) is 0 Å². The second-order valence-electron chi connectivity index (χ2n) is 7.72. The lowest BCUT2D eigenvalue weighted by molar-refractivity contribution is -0.125. The number of aryl methyl sites for hydroxylation is 1. The highest BCUT2D eigenvalue weighted by molar-refractivity contribution is 6.04. The van der Waals surface area contributed by atoms with Gasteiger partial charge in [-0.3, -0.25) is 14.4 Å². The largest absolute Gasteiger partial charge is 0.352 e. The van der Waals surface area contributed by atoms with Crippen LogP contribution < -0.4 is 10.6 Å². The van der Waals surface area contributed by atoms with Gasteiger partial charge in [0.2, 0.25) is 5.91 Å². The minimum atomic E-state index is -0.425. The van der Waals surface area contributed by atoms with Crippen LogP contribution in [0.5, 0.6) is 0 Å². The molecular weight excluding hydrogens is 366 g/mol. The molecule has 3 amide bonds. The van der Waals surface area contributed by atoms with Crippen molar-refractivity contribution >= 4 is 23.4 Å². The Morgan fingerprint density at radius 1 is 1.03 bits per heavy atom. The Balaban J connectivity index is 1.67. The van der Waals surface area contributed by atoms with Gasteiger partial charge in [0.05, 0.1) is 0 Å². The van der Waals surface area contributed by atoms with Crippen LogP contribution >= 0.6 is 0 Å². The summed E-state index contributed by atoms with van der Waals surface area (Å²) in [5, 5.41) is 5.73. The van der Waals surface area contributed by atoms with Crippen molar-refractivity contribution < 1.29 is 14.4 Å². The fourth-order valence-corrected chi connectivity index (χ4v) is 3.51. The van der Waals surface area contributed by atoms with Crippen molar-refractivity contribution in [2.24, 2.45) is 0 Å². The fourth-order valence-electron chi connectivity index (χ4n) is 3.51. The third-order valence-corrected chi connectivity index (χ3v) is 4.92. The van der Waals surface area contributed by atoms with E-state index in [1.807, 2.05) is 39.0 Å². The number of carbonyl (C=O) groups is 3. The van der Waals surface area contributed by atoms with Crippen LogP contribution in [0.3, 0.4) is 0 Å². The number of carbonyl (C=O) groups excluding carboxylic acids is 3. The molecule has 152 valence electrons. The molecule has 0 bridgehead atoms. The average Bonchev–Trinajstić information content (AvgIpc) is 3.17. The van der Waals surface area contributed by atoms with Gasteiger partial charge >= 0.3 is 0 Å². The summed E-state index contributed by atoms with van der Waals surface area (Å²) in [5.74, 6) is -0.464. The Morgan fingerprint density at radius 3 is 2.41 bits per heavy atom. The van der Waals surface area contributed by atoms with Gasteiger partial charge in [-0.15, -0.1) is 0 Å². The third-order valence-electron chi connectivity index (χ3n) is 4.92. The quantitative estimate of drug-likeness (QED) is 0.817. The summed E-state index contributed by atoms with van der Waals surface area (Å²) >= 11 is 0. The highest BCUT2D eigenvalue weighted by Gasteiger charge is 2.34. The van der Waals surface area contributed by atoms with Crippen LogP contribution in [-0.4, -0.2) is 41.2 Å². The molecule has 1 heterocycles. The maximum atomic E-state index is 12.9. The van der Waals surface area contributed by atoms with E-state index in [2.05, 4.69) is 10.6 Å². The van der Waals surface area contributed by atoms with E-state index in [-0.39, 0.29) is 23.8 Å².